The van der Waals surface area contributed by atoms with Crippen LogP contribution in [-0.4, -0.2) is 19.7 Å². The van der Waals surface area contributed by atoms with E-state index in [-0.39, 0.29) is 0 Å². The van der Waals surface area contributed by atoms with Crippen molar-refractivity contribution in [2.24, 2.45) is 0 Å². The molecule has 0 radical (unpaired) electrons. The zero-order valence-corrected chi connectivity index (χ0v) is 9.95. The van der Waals surface area contributed by atoms with Crippen molar-refractivity contribution in [3.05, 3.63) is 41.1 Å². The predicted octanol–water partition coefficient (Wildman–Crippen LogP) is 2.89. The standard InChI is InChI=1S/C12H13ClO3/c1-3-16-12(14)11(8-15-2)9-4-6-10(13)7-5-9/h4-8H,3H2,1-2H3/b11-8-. The number of ether oxygens (including phenoxy) is 2. The Morgan fingerprint density at radius 3 is 2.50 bits per heavy atom. The van der Waals surface area contributed by atoms with Gasteiger partial charge in [-0.2, -0.15) is 0 Å². The van der Waals surface area contributed by atoms with Crippen molar-refractivity contribution >= 4 is 23.1 Å². The van der Waals surface area contributed by atoms with E-state index in [0.29, 0.717) is 22.8 Å². The molecule has 86 valence electrons. The first kappa shape index (κ1) is 12.6. The molecule has 0 atom stereocenters. The van der Waals surface area contributed by atoms with Gasteiger partial charge in [-0.05, 0) is 24.6 Å². The maximum absolute atomic E-state index is 11.6. The molecule has 0 aliphatic rings. The Morgan fingerprint density at radius 1 is 1.38 bits per heavy atom. The molecular formula is C12H13ClO3. The van der Waals surface area contributed by atoms with Crippen LogP contribution in [0, 0.1) is 0 Å². The molecule has 0 saturated heterocycles. The van der Waals surface area contributed by atoms with E-state index in [1.54, 1.807) is 31.2 Å². The quantitative estimate of drug-likeness (QED) is 0.461. The predicted molar refractivity (Wildman–Crippen MR) is 63.1 cm³/mol. The van der Waals surface area contributed by atoms with Gasteiger partial charge < -0.3 is 9.47 Å². The fourth-order valence-corrected chi connectivity index (χ4v) is 1.32. The Bertz CT molecular complexity index is 382. The second-order valence-corrected chi connectivity index (χ2v) is 3.43. The monoisotopic (exact) mass is 240 g/mol. The largest absolute Gasteiger partial charge is 0.503 e. The number of rotatable bonds is 4. The van der Waals surface area contributed by atoms with Gasteiger partial charge in [-0.1, -0.05) is 23.7 Å². The van der Waals surface area contributed by atoms with Crippen molar-refractivity contribution in [3.63, 3.8) is 0 Å². The van der Waals surface area contributed by atoms with Crippen molar-refractivity contribution in [3.8, 4) is 0 Å². The van der Waals surface area contributed by atoms with Crippen LogP contribution in [0.4, 0.5) is 0 Å². The Morgan fingerprint density at radius 2 is 2.00 bits per heavy atom. The molecule has 1 aromatic carbocycles. The maximum Gasteiger partial charge on any atom is 0.341 e. The second-order valence-electron chi connectivity index (χ2n) is 2.99. The summed E-state index contributed by atoms with van der Waals surface area (Å²) in [7, 11) is 1.48. The molecule has 1 aromatic rings. The van der Waals surface area contributed by atoms with E-state index < -0.39 is 5.97 Å². The van der Waals surface area contributed by atoms with Crippen LogP contribution in [0.5, 0.6) is 0 Å². The van der Waals surface area contributed by atoms with Gasteiger partial charge in [0.05, 0.1) is 20.0 Å². The number of esters is 1. The van der Waals surface area contributed by atoms with Crippen LogP contribution in [-0.2, 0) is 14.3 Å². The highest BCUT2D eigenvalue weighted by Crippen LogP contribution is 2.19. The van der Waals surface area contributed by atoms with Crippen molar-refractivity contribution in [2.75, 3.05) is 13.7 Å². The molecule has 0 spiro atoms. The molecule has 4 heteroatoms. The minimum atomic E-state index is -0.410. The van der Waals surface area contributed by atoms with E-state index in [9.17, 15) is 4.79 Å². The lowest BCUT2D eigenvalue weighted by Gasteiger charge is -2.06. The third-order valence-electron chi connectivity index (χ3n) is 1.89. The summed E-state index contributed by atoms with van der Waals surface area (Å²) in [6.45, 7) is 2.08. The lowest BCUT2D eigenvalue weighted by Crippen LogP contribution is -2.07. The number of carbonyl (C=O) groups excluding carboxylic acids is 1. The lowest BCUT2D eigenvalue weighted by atomic mass is 10.1. The van der Waals surface area contributed by atoms with Gasteiger partial charge in [0.25, 0.3) is 0 Å². The number of methoxy groups -OCH3 is 1. The van der Waals surface area contributed by atoms with Gasteiger partial charge in [-0.15, -0.1) is 0 Å². The molecule has 0 N–H and O–H groups in total. The molecular weight excluding hydrogens is 228 g/mol. The van der Waals surface area contributed by atoms with E-state index in [4.69, 9.17) is 21.1 Å². The summed E-state index contributed by atoms with van der Waals surface area (Å²) in [5, 5.41) is 0.615. The highest BCUT2D eigenvalue weighted by Gasteiger charge is 2.13. The van der Waals surface area contributed by atoms with Gasteiger partial charge in [0.15, 0.2) is 0 Å². The summed E-state index contributed by atoms with van der Waals surface area (Å²) in [6.07, 6.45) is 1.36. The molecule has 0 aliphatic heterocycles. The second kappa shape index (κ2) is 6.18. The molecule has 0 bridgehead atoms. The number of benzene rings is 1. The molecule has 16 heavy (non-hydrogen) atoms. The first-order valence-electron chi connectivity index (χ1n) is 4.85. The van der Waals surface area contributed by atoms with Gasteiger partial charge >= 0.3 is 5.97 Å². The van der Waals surface area contributed by atoms with Crippen LogP contribution >= 0.6 is 11.6 Å². The van der Waals surface area contributed by atoms with E-state index in [1.165, 1.54) is 13.4 Å². The summed E-state index contributed by atoms with van der Waals surface area (Å²) >= 11 is 5.77. The van der Waals surface area contributed by atoms with Crippen molar-refractivity contribution in [2.45, 2.75) is 6.92 Å². The SMILES string of the molecule is CCOC(=O)/C(=C\OC)c1ccc(Cl)cc1. The van der Waals surface area contributed by atoms with Gasteiger partial charge in [-0.3, -0.25) is 0 Å². The first-order chi connectivity index (χ1) is 7.69. The van der Waals surface area contributed by atoms with E-state index >= 15 is 0 Å². The third kappa shape index (κ3) is 3.28. The number of hydrogen-bond donors (Lipinski definition) is 0. The smallest absolute Gasteiger partial charge is 0.341 e. The van der Waals surface area contributed by atoms with Crippen LogP contribution < -0.4 is 0 Å². The van der Waals surface area contributed by atoms with Gasteiger partial charge in [0.1, 0.15) is 5.57 Å². The number of hydrogen-bond acceptors (Lipinski definition) is 3. The normalized spacial score (nSPS) is 11.1. The minimum Gasteiger partial charge on any atom is -0.503 e. The zero-order chi connectivity index (χ0) is 12.0. The van der Waals surface area contributed by atoms with Crippen LogP contribution in [0.3, 0.4) is 0 Å². The van der Waals surface area contributed by atoms with Crippen LogP contribution in [0.15, 0.2) is 30.5 Å². The summed E-state index contributed by atoms with van der Waals surface area (Å²) in [5.41, 5.74) is 1.09. The van der Waals surface area contributed by atoms with Crippen LogP contribution in [0.1, 0.15) is 12.5 Å². The summed E-state index contributed by atoms with van der Waals surface area (Å²) in [5.74, 6) is -0.410. The zero-order valence-electron chi connectivity index (χ0n) is 9.20. The Hall–Kier alpha value is -1.48. The van der Waals surface area contributed by atoms with Crippen LogP contribution in [0.25, 0.3) is 5.57 Å². The fourth-order valence-electron chi connectivity index (χ4n) is 1.19. The van der Waals surface area contributed by atoms with Crippen LogP contribution in [0.2, 0.25) is 5.02 Å². The Labute approximate surface area is 99.6 Å². The molecule has 0 heterocycles. The molecule has 0 aliphatic carbocycles. The molecule has 0 amide bonds. The highest BCUT2D eigenvalue weighted by atomic mass is 35.5. The Kier molecular flexibility index (Phi) is 4.86. The van der Waals surface area contributed by atoms with Crippen molar-refractivity contribution in [1.82, 2.24) is 0 Å². The number of carbonyl (C=O) groups is 1. The highest BCUT2D eigenvalue weighted by molar-refractivity contribution is 6.30. The van der Waals surface area contributed by atoms with E-state index in [2.05, 4.69) is 0 Å². The molecule has 0 fully saturated rings. The lowest BCUT2D eigenvalue weighted by molar-refractivity contribution is -0.136. The average molecular weight is 241 g/mol. The van der Waals surface area contributed by atoms with Gasteiger partial charge in [-0.25, -0.2) is 4.79 Å². The summed E-state index contributed by atoms with van der Waals surface area (Å²) < 4.78 is 9.78. The minimum absolute atomic E-state index is 0.327. The number of halogens is 1. The average Bonchev–Trinajstić information content (AvgIpc) is 2.28. The Balaban J connectivity index is 2.99. The molecule has 0 aromatic heterocycles. The topological polar surface area (TPSA) is 35.5 Å². The first-order valence-corrected chi connectivity index (χ1v) is 5.22. The van der Waals surface area contributed by atoms with Crippen molar-refractivity contribution in [1.29, 1.82) is 0 Å². The molecule has 1 rings (SSSR count). The van der Waals surface area contributed by atoms with E-state index in [0.717, 1.165) is 0 Å². The molecule has 0 unspecified atom stereocenters. The molecule has 0 saturated carbocycles. The van der Waals surface area contributed by atoms with Gasteiger partial charge in [0, 0.05) is 5.02 Å². The fraction of sp³-hybridized carbons (Fsp3) is 0.250. The molecule has 3 nitrogen and oxygen atoms in total. The van der Waals surface area contributed by atoms with E-state index in [1.807, 2.05) is 0 Å². The summed E-state index contributed by atoms with van der Waals surface area (Å²) in [4.78, 5) is 11.6. The van der Waals surface area contributed by atoms with Gasteiger partial charge in [0.2, 0.25) is 0 Å². The van der Waals surface area contributed by atoms with Crippen molar-refractivity contribution < 1.29 is 14.3 Å². The third-order valence-corrected chi connectivity index (χ3v) is 2.14. The maximum atomic E-state index is 11.6. The summed E-state index contributed by atoms with van der Waals surface area (Å²) in [6, 6.07) is 6.90.